The quantitative estimate of drug-likeness (QED) is 0.668. The van der Waals surface area contributed by atoms with Crippen LogP contribution in [0.2, 0.25) is 0 Å². The zero-order valence-electron chi connectivity index (χ0n) is 13.3. The molecule has 0 saturated heterocycles. The van der Waals surface area contributed by atoms with Crippen LogP contribution in [0, 0.1) is 6.92 Å². The molecule has 2 aromatic carbocycles. The molecule has 0 spiro atoms. The summed E-state index contributed by atoms with van der Waals surface area (Å²) < 4.78 is 1.05. The lowest BCUT2D eigenvalue weighted by atomic mass is 10.2. The maximum Gasteiger partial charge on any atom is 0.226 e. The first-order chi connectivity index (χ1) is 11.6. The van der Waals surface area contributed by atoms with E-state index in [1.165, 1.54) is 5.56 Å². The average Bonchev–Trinajstić information content (AvgIpc) is 2.58. The van der Waals surface area contributed by atoms with Crippen molar-refractivity contribution >= 4 is 44.1 Å². The lowest BCUT2D eigenvalue weighted by Crippen LogP contribution is -2.16. The number of nitrogens with one attached hydrogen (secondary N) is 2. The second kappa shape index (κ2) is 7.45. The molecule has 1 aromatic heterocycles. The number of rotatable bonds is 5. The summed E-state index contributed by atoms with van der Waals surface area (Å²) in [6.45, 7) is 2.61. The number of nitrogens with zero attached hydrogens (tertiary/aromatic N) is 1. The maximum absolute atomic E-state index is 12.2. The first-order valence-electron chi connectivity index (χ1n) is 7.77. The smallest absolute Gasteiger partial charge is 0.226 e. The van der Waals surface area contributed by atoms with Crippen LogP contribution in [0.5, 0.6) is 0 Å². The monoisotopic (exact) mass is 383 g/mol. The van der Waals surface area contributed by atoms with E-state index >= 15 is 0 Å². The number of benzene rings is 2. The van der Waals surface area contributed by atoms with Gasteiger partial charge in [-0.25, -0.2) is 0 Å². The van der Waals surface area contributed by atoms with E-state index in [0.717, 1.165) is 26.8 Å². The molecular weight excluding hydrogens is 366 g/mol. The summed E-state index contributed by atoms with van der Waals surface area (Å²) in [5.41, 5.74) is 3.73. The number of amides is 1. The highest BCUT2D eigenvalue weighted by atomic mass is 79.9. The van der Waals surface area contributed by atoms with E-state index in [1.807, 2.05) is 55.5 Å². The number of fused-ring (bicyclic) bond motifs is 1. The number of hydrogen-bond acceptors (Lipinski definition) is 3. The molecule has 1 heterocycles. The fourth-order valence-corrected chi connectivity index (χ4v) is 2.82. The van der Waals surface area contributed by atoms with Gasteiger partial charge in [0.05, 0.1) is 11.2 Å². The number of para-hydroxylation sites is 1. The van der Waals surface area contributed by atoms with Crippen LogP contribution in [-0.2, 0) is 4.79 Å². The Bertz CT molecular complexity index is 874. The van der Waals surface area contributed by atoms with Gasteiger partial charge in [0.15, 0.2) is 0 Å². The predicted molar refractivity (Wildman–Crippen MR) is 102 cm³/mol. The van der Waals surface area contributed by atoms with Gasteiger partial charge in [-0.15, -0.1) is 0 Å². The van der Waals surface area contributed by atoms with Crippen molar-refractivity contribution in [3.05, 3.63) is 64.8 Å². The maximum atomic E-state index is 12.2. The Hall–Kier alpha value is -2.40. The molecule has 5 heteroatoms. The van der Waals surface area contributed by atoms with Crippen LogP contribution in [0.25, 0.3) is 10.9 Å². The van der Waals surface area contributed by atoms with Crippen LogP contribution in [0.4, 0.5) is 11.4 Å². The Morgan fingerprint density at radius 2 is 2.00 bits per heavy atom. The highest BCUT2D eigenvalue weighted by molar-refractivity contribution is 9.10. The predicted octanol–water partition coefficient (Wildman–Crippen LogP) is 4.75. The summed E-state index contributed by atoms with van der Waals surface area (Å²) in [5, 5.41) is 7.21. The van der Waals surface area contributed by atoms with Crippen molar-refractivity contribution in [3.63, 3.8) is 0 Å². The largest absolute Gasteiger partial charge is 0.384 e. The summed E-state index contributed by atoms with van der Waals surface area (Å²) in [5.74, 6) is -0.0353. The number of carbonyl (C=O) groups excluding carboxylic acids is 1. The molecular formula is C19H18BrN3O. The minimum atomic E-state index is -0.0353. The van der Waals surface area contributed by atoms with Gasteiger partial charge in [0.2, 0.25) is 5.91 Å². The highest BCUT2D eigenvalue weighted by Crippen LogP contribution is 2.22. The molecule has 0 aliphatic carbocycles. The van der Waals surface area contributed by atoms with Gasteiger partial charge < -0.3 is 10.6 Å². The summed E-state index contributed by atoms with van der Waals surface area (Å²) >= 11 is 3.51. The lowest BCUT2D eigenvalue weighted by molar-refractivity contribution is -0.115. The minimum absolute atomic E-state index is 0.0353. The highest BCUT2D eigenvalue weighted by Gasteiger charge is 2.06. The third-order valence-electron chi connectivity index (χ3n) is 3.76. The van der Waals surface area contributed by atoms with Crippen LogP contribution in [0.1, 0.15) is 12.0 Å². The Kier molecular flexibility index (Phi) is 5.11. The summed E-state index contributed by atoms with van der Waals surface area (Å²) in [7, 11) is 0. The minimum Gasteiger partial charge on any atom is -0.384 e. The fourth-order valence-electron chi connectivity index (χ4n) is 2.44. The first-order valence-corrected chi connectivity index (χ1v) is 8.56. The molecule has 0 fully saturated rings. The van der Waals surface area contributed by atoms with E-state index < -0.39 is 0 Å². The summed E-state index contributed by atoms with van der Waals surface area (Å²) in [6, 6.07) is 15.7. The van der Waals surface area contributed by atoms with E-state index in [4.69, 9.17) is 0 Å². The normalized spacial score (nSPS) is 10.6. The molecule has 0 bridgehead atoms. The molecule has 1 amide bonds. The topological polar surface area (TPSA) is 54.0 Å². The van der Waals surface area contributed by atoms with Crippen molar-refractivity contribution in [1.82, 2.24) is 4.98 Å². The molecule has 0 aliphatic heterocycles. The van der Waals surface area contributed by atoms with Gasteiger partial charge in [-0.2, -0.15) is 0 Å². The molecule has 0 radical (unpaired) electrons. The molecule has 0 unspecified atom stereocenters. The van der Waals surface area contributed by atoms with E-state index in [0.29, 0.717) is 13.0 Å². The van der Waals surface area contributed by atoms with Crippen molar-refractivity contribution in [1.29, 1.82) is 0 Å². The van der Waals surface area contributed by atoms with Crippen molar-refractivity contribution in [2.24, 2.45) is 0 Å². The van der Waals surface area contributed by atoms with Crippen molar-refractivity contribution in [2.75, 3.05) is 17.2 Å². The fraction of sp³-hybridized carbons (Fsp3) is 0.158. The molecule has 4 nitrogen and oxygen atoms in total. The van der Waals surface area contributed by atoms with Gasteiger partial charge in [-0.3, -0.25) is 9.78 Å². The molecule has 24 heavy (non-hydrogen) atoms. The van der Waals surface area contributed by atoms with E-state index in [1.54, 1.807) is 6.20 Å². The Balaban J connectivity index is 1.58. The second-order valence-electron chi connectivity index (χ2n) is 5.57. The standard InChI is InChI=1S/C19H18BrN3O/c1-13-7-8-15(12-16(13)20)21-11-9-18(24)23-17-6-2-4-14-5-3-10-22-19(14)17/h2-8,10,12,21H,9,11H2,1H3,(H,23,24). The second-order valence-corrected chi connectivity index (χ2v) is 6.42. The van der Waals surface area contributed by atoms with E-state index in [-0.39, 0.29) is 5.91 Å². The molecule has 2 N–H and O–H groups in total. The third-order valence-corrected chi connectivity index (χ3v) is 4.61. The van der Waals surface area contributed by atoms with Crippen LogP contribution in [0.3, 0.4) is 0 Å². The van der Waals surface area contributed by atoms with Crippen LogP contribution in [-0.4, -0.2) is 17.4 Å². The Morgan fingerprint density at radius 3 is 2.83 bits per heavy atom. The zero-order valence-corrected chi connectivity index (χ0v) is 14.9. The summed E-state index contributed by atoms with van der Waals surface area (Å²) in [4.78, 5) is 16.5. The van der Waals surface area contributed by atoms with Crippen molar-refractivity contribution in [3.8, 4) is 0 Å². The third kappa shape index (κ3) is 3.92. The lowest BCUT2D eigenvalue weighted by Gasteiger charge is -2.10. The molecule has 122 valence electrons. The zero-order chi connectivity index (χ0) is 16.9. The van der Waals surface area contributed by atoms with Gasteiger partial charge >= 0.3 is 0 Å². The number of aromatic nitrogens is 1. The van der Waals surface area contributed by atoms with Crippen LogP contribution < -0.4 is 10.6 Å². The van der Waals surface area contributed by atoms with Crippen LogP contribution in [0.15, 0.2) is 59.2 Å². The molecule has 0 atom stereocenters. The van der Waals surface area contributed by atoms with E-state index in [2.05, 4.69) is 31.5 Å². The number of anilines is 2. The molecule has 0 aliphatic rings. The van der Waals surface area contributed by atoms with Gasteiger partial charge in [-0.1, -0.05) is 40.2 Å². The average molecular weight is 384 g/mol. The first kappa shape index (κ1) is 16.5. The Labute approximate surface area is 149 Å². The SMILES string of the molecule is Cc1ccc(NCCC(=O)Nc2cccc3cccnc23)cc1Br. The van der Waals surface area contributed by atoms with Gasteiger partial charge in [0.25, 0.3) is 0 Å². The van der Waals surface area contributed by atoms with Crippen molar-refractivity contribution < 1.29 is 4.79 Å². The van der Waals surface area contributed by atoms with Gasteiger partial charge in [0, 0.05) is 34.7 Å². The van der Waals surface area contributed by atoms with Gasteiger partial charge in [-0.05, 0) is 36.8 Å². The van der Waals surface area contributed by atoms with E-state index in [9.17, 15) is 4.79 Å². The molecule has 0 saturated carbocycles. The van der Waals surface area contributed by atoms with Crippen molar-refractivity contribution in [2.45, 2.75) is 13.3 Å². The summed E-state index contributed by atoms with van der Waals surface area (Å²) in [6.07, 6.45) is 2.11. The van der Waals surface area contributed by atoms with Gasteiger partial charge in [0.1, 0.15) is 0 Å². The van der Waals surface area contributed by atoms with Crippen LogP contribution >= 0.6 is 15.9 Å². The molecule has 3 rings (SSSR count). The molecule has 3 aromatic rings. The number of aryl methyl sites for hydroxylation is 1. The number of carbonyl (C=O) groups is 1. The number of halogens is 1. The Morgan fingerprint density at radius 1 is 1.17 bits per heavy atom. The number of hydrogen-bond donors (Lipinski definition) is 2. The number of pyridine rings is 1.